The van der Waals surface area contributed by atoms with E-state index < -0.39 is 7.82 Å². The van der Waals surface area contributed by atoms with Gasteiger partial charge in [0.25, 0.3) is 0 Å². The fourth-order valence-corrected chi connectivity index (χ4v) is 3.52. The largest absolute Gasteiger partial charge is 0.530 e. The summed E-state index contributed by atoms with van der Waals surface area (Å²) in [5.41, 5.74) is 0.851. The van der Waals surface area contributed by atoms with E-state index in [1.54, 1.807) is 26.0 Å². The highest BCUT2D eigenvalue weighted by molar-refractivity contribution is 7.48. The molecule has 0 aliphatic carbocycles. The molecule has 0 unspecified atom stereocenters. The Hall–Kier alpha value is -1.03. The monoisotopic (exact) mass is 358 g/mol. The molecule has 0 saturated carbocycles. The molecule has 0 spiro atoms. The first-order chi connectivity index (χ1) is 10.8. The fraction of sp³-hybridized carbons (Fsp3) is 0.667. The van der Waals surface area contributed by atoms with Crippen LogP contribution >= 0.6 is 7.82 Å². The van der Waals surface area contributed by atoms with Gasteiger partial charge in [-0.1, -0.05) is 41.5 Å². The van der Waals surface area contributed by atoms with Crippen LogP contribution in [0.5, 0.6) is 11.5 Å². The molecule has 1 N–H and O–H groups in total. The van der Waals surface area contributed by atoms with Crippen molar-refractivity contribution in [1.29, 1.82) is 0 Å². The SMILES string of the molecule is CCOP(=O)(OCC)Oc1cc(C(C)(C)C)c(O)c(C(C)(C)C)c1. The zero-order valence-corrected chi connectivity index (χ0v) is 17.0. The molecule has 0 atom stereocenters. The van der Waals surface area contributed by atoms with Gasteiger partial charge in [-0.3, -0.25) is 9.05 Å². The predicted molar refractivity (Wildman–Crippen MR) is 97.0 cm³/mol. The summed E-state index contributed by atoms with van der Waals surface area (Å²) in [5.74, 6) is 0.609. The average molecular weight is 358 g/mol. The van der Waals surface area contributed by atoms with E-state index in [0.717, 1.165) is 11.1 Å². The highest BCUT2D eigenvalue weighted by atomic mass is 31.2. The van der Waals surface area contributed by atoms with E-state index in [1.807, 2.05) is 41.5 Å². The first-order valence-corrected chi connectivity index (χ1v) is 9.76. The van der Waals surface area contributed by atoms with Crippen molar-refractivity contribution in [3.05, 3.63) is 23.3 Å². The van der Waals surface area contributed by atoms with E-state index in [1.165, 1.54) is 0 Å². The second-order valence-electron chi connectivity index (χ2n) is 7.74. The van der Waals surface area contributed by atoms with E-state index in [-0.39, 0.29) is 29.8 Å². The summed E-state index contributed by atoms with van der Waals surface area (Å²) in [5, 5.41) is 10.7. The molecule has 24 heavy (non-hydrogen) atoms. The Balaban J connectivity index is 3.46. The molecule has 0 saturated heterocycles. The van der Waals surface area contributed by atoms with Crippen molar-refractivity contribution in [2.75, 3.05) is 13.2 Å². The fourth-order valence-electron chi connectivity index (χ4n) is 2.34. The lowest BCUT2D eigenvalue weighted by Gasteiger charge is -2.28. The van der Waals surface area contributed by atoms with Crippen molar-refractivity contribution in [1.82, 2.24) is 0 Å². The summed E-state index contributed by atoms with van der Waals surface area (Å²) in [7, 11) is -3.68. The number of phosphoric acid groups is 1. The van der Waals surface area contributed by atoms with Crippen molar-refractivity contribution in [3.63, 3.8) is 0 Å². The minimum absolute atomic E-state index is 0.216. The van der Waals surface area contributed by atoms with Gasteiger partial charge in [0.05, 0.1) is 13.2 Å². The molecular weight excluding hydrogens is 327 g/mol. The highest BCUT2D eigenvalue weighted by Gasteiger charge is 2.31. The molecule has 1 aromatic carbocycles. The van der Waals surface area contributed by atoms with Gasteiger partial charge in [-0.25, -0.2) is 4.57 Å². The summed E-state index contributed by atoms with van der Waals surface area (Å²) < 4.78 is 28.7. The van der Waals surface area contributed by atoms with Crippen LogP contribution in [0, 0.1) is 0 Å². The summed E-state index contributed by atoms with van der Waals surface area (Å²) >= 11 is 0. The number of aromatic hydroxyl groups is 1. The zero-order chi connectivity index (χ0) is 18.8. The highest BCUT2D eigenvalue weighted by Crippen LogP contribution is 2.51. The molecule has 0 aliphatic heterocycles. The Kier molecular flexibility index (Phi) is 6.54. The van der Waals surface area contributed by atoms with Crippen LogP contribution in [0.25, 0.3) is 0 Å². The maximum Gasteiger partial charge on any atom is 0.530 e. The molecule has 0 amide bonds. The average Bonchev–Trinajstić information content (AvgIpc) is 2.38. The lowest BCUT2D eigenvalue weighted by atomic mass is 9.79. The number of rotatable bonds is 6. The van der Waals surface area contributed by atoms with Crippen molar-refractivity contribution >= 4 is 7.82 Å². The van der Waals surface area contributed by atoms with E-state index in [2.05, 4.69) is 0 Å². The minimum atomic E-state index is -3.68. The second kappa shape index (κ2) is 7.47. The van der Waals surface area contributed by atoms with Gasteiger partial charge in [0.1, 0.15) is 11.5 Å². The van der Waals surface area contributed by atoms with Gasteiger partial charge in [-0.2, -0.15) is 0 Å². The summed E-state index contributed by atoms with van der Waals surface area (Å²) in [6.45, 7) is 15.9. The van der Waals surface area contributed by atoms with Gasteiger partial charge >= 0.3 is 7.82 Å². The first kappa shape index (κ1) is 21.0. The van der Waals surface area contributed by atoms with Crippen LogP contribution < -0.4 is 4.52 Å². The molecule has 0 aromatic heterocycles. The Labute approximate surface area is 145 Å². The smallest absolute Gasteiger partial charge is 0.507 e. The molecule has 0 radical (unpaired) electrons. The third-order valence-corrected chi connectivity index (χ3v) is 5.07. The summed E-state index contributed by atoms with van der Waals surface area (Å²) in [6.07, 6.45) is 0. The molecule has 138 valence electrons. The number of phosphoric ester groups is 1. The molecule has 0 aliphatic rings. The van der Waals surface area contributed by atoms with Crippen LogP contribution in [0.4, 0.5) is 0 Å². The Morgan fingerprint density at radius 3 is 1.58 bits per heavy atom. The normalized spacial score (nSPS) is 13.2. The van der Waals surface area contributed by atoms with Crippen molar-refractivity contribution in [3.8, 4) is 11.5 Å². The quantitative estimate of drug-likeness (QED) is 0.676. The molecule has 0 heterocycles. The molecule has 0 fully saturated rings. The number of benzene rings is 1. The van der Waals surface area contributed by atoms with Gasteiger partial charge in [-0.15, -0.1) is 0 Å². The molecular formula is C18H31O5P. The number of phenolic OH excluding ortho intramolecular Hbond substituents is 1. The lowest BCUT2D eigenvalue weighted by Crippen LogP contribution is -2.17. The van der Waals surface area contributed by atoms with Gasteiger partial charge in [0.15, 0.2) is 0 Å². The predicted octanol–water partition coefficient (Wildman–Crippen LogP) is 5.55. The Bertz CT molecular complexity index is 566. The maximum atomic E-state index is 12.7. The lowest BCUT2D eigenvalue weighted by molar-refractivity contribution is 0.167. The van der Waals surface area contributed by atoms with Crippen LogP contribution in [0.15, 0.2) is 12.1 Å². The minimum Gasteiger partial charge on any atom is -0.507 e. The standard InChI is InChI=1S/C18H31O5P/c1-9-21-24(20,22-10-2)23-13-11-14(17(3,4)5)16(19)15(12-13)18(6,7)8/h11-12,19H,9-10H2,1-8H3. The van der Waals surface area contributed by atoms with Crippen LogP contribution in [-0.4, -0.2) is 18.3 Å². The van der Waals surface area contributed by atoms with Crippen molar-refractivity contribution < 1.29 is 23.2 Å². The van der Waals surface area contributed by atoms with E-state index in [4.69, 9.17) is 13.6 Å². The Morgan fingerprint density at radius 2 is 1.29 bits per heavy atom. The van der Waals surface area contributed by atoms with Gasteiger partial charge < -0.3 is 9.63 Å². The van der Waals surface area contributed by atoms with E-state index in [9.17, 15) is 9.67 Å². The van der Waals surface area contributed by atoms with Gasteiger partial charge in [-0.05, 0) is 36.8 Å². The topological polar surface area (TPSA) is 65.0 Å². The molecule has 6 heteroatoms. The maximum absolute atomic E-state index is 12.7. The van der Waals surface area contributed by atoms with Gasteiger partial charge in [0.2, 0.25) is 0 Å². The van der Waals surface area contributed by atoms with Gasteiger partial charge in [0, 0.05) is 11.1 Å². The third-order valence-electron chi connectivity index (χ3n) is 3.49. The Morgan fingerprint density at radius 1 is 0.917 bits per heavy atom. The van der Waals surface area contributed by atoms with Crippen LogP contribution in [0.3, 0.4) is 0 Å². The molecule has 5 nitrogen and oxygen atoms in total. The van der Waals surface area contributed by atoms with E-state index >= 15 is 0 Å². The van der Waals surface area contributed by atoms with Crippen molar-refractivity contribution in [2.45, 2.75) is 66.2 Å². The number of hydrogen-bond donors (Lipinski definition) is 1. The van der Waals surface area contributed by atoms with E-state index in [0.29, 0.717) is 5.75 Å². The summed E-state index contributed by atoms with van der Waals surface area (Å²) in [6, 6.07) is 3.41. The van der Waals surface area contributed by atoms with Crippen LogP contribution in [0.1, 0.15) is 66.5 Å². The number of phenols is 1. The second-order valence-corrected chi connectivity index (χ2v) is 9.33. The summed E-state index contributed by atoms with van der Waals surface area (Å²) in [4.78, 5) is 0. The molecule has 1 rings (SSSR count). The third kappa shape index (κ3) is 5.23. The zero-order valence-electron chi connectivity index (χ0n) is 16.1. The van der Waals surface area contributed by atoms with Crippen molar-refractivity contribution in [2.24, 2.45) is 0 Å². The number of hydrogen-bond acceptors (Lipinski definition) is 5. The molecule has 0 bridgehead atoms. The molecule has 1 aromatic rings. The van der Waals surface area contributed by atoms with Crippen LogP contribution in [0.2, 0.25) is 0 Å². The van der Waals surface area contributed by atoms with Crippen LogP contribution in [-0.2, 0) is 24.4 Å². The first-order valence-electron chi connectivity index (χ1n) is 8.30.